The number of sulfonamides is 1. The Bertz CT molecular complexity index is 656. The highest BCUT2D eigenvalue weighted by Crippen LogP contribution is 2.28. The van der Waals surface area contributed by atoms with Gasteiger partial charge in [-0.2, -0.15) is 4.31 Å². The summed E-state index contributed by atoms with van der Waals surface area (Å²) >= 11 is 0.699. The van der Waals surface area contributed by atoms with Crippen LogP contribution in [-0.2, 0) is 19.6 Å². The molecule has 1 saturated heterocycles. The summed E-state index contributed by atoms with van der Waals surface area (Å²) in [5, 5.41) is 18.7. The molecule has 21 heavy (non-hydrogen) atoms. The number of carboxylic acids is 1. The van der Waals surface area contributed by atoms with E-state index < -0.39 is 27.9 Å². The van der Waals surface area contributed by atoms with Gasteiger partial charge in [0.25, 0.3) is 10.0 Å². The highest BCUT2D eigenvalue weighted by atomic mass is 32.2. The number of carboxylic acid groups (broad SMARTS) is 1. The summed E-state index contributed by atoms with van der Waals surface area (Å²) in [6.07, 6.45) is 1.53. The van der Waals surface area contributed by atoms with Gasteiger partial charge in [0.1, 0.15) is 6.04 Å². The Kier molecular flexibility index (Phi) is 4.54. The largest absolute Gasteiger partial charge is 0.480 e. The molecule has 0 aliphatic carbocycles. The number of rotatable bonds is 4. The number of nitrogens with one attached hydrogen (secondary N) is 1. The zero-order valence-electron chi connectivity index (χ0n) is 11.1. The zero-order chi connectivity index (χ0) is 15.6. The fourth-order valence-electron chi connectivity index (χ4n) is 2.05. The van der Waals surface area contributed by atoms with Gasteiger partial charge in [0, 0.05) is 13.5 Å². The van der Waals surface area contributed by atoms with E-state index in [0.717, 1.165) is 4.31 Å². The van der Waals surface area contributed by atoms with Gasteiger partial charge in [-0.1, -0.05) is 11.3 Å². The van der Waals surface area contributed by atoms with Crippen LogP contribution in [0.2, 0.25) is 0 Å². The minimum atomic E-state index is -4.03. The van der Waals surface area contributed by atoms with Crippen molar-refractivity contribution in [3.63, 3.8) is 0 Å². The highest BCUT2D eigenvalue weighted by molar-refractivity contribution is 7.91. The van der Waals surface area contributed by atoms with Crippen molar-refractivity contribution < 1.29 is 23.1 Å². The van der Waals surface area contributed by atoms with Crippen LogP contribution in [0.5, 0.6) is 0 Å². The molecular weight excluding hydrogens is 320 g/mol. The minimum Gasteiger partial charge on any atom is -0.480 e. The number of hydrogen-bond donors (Lipinski definition) is 2. The van der Waals surface area contributed by atoms with Crippen LogP contribution in [0.4, 0.5) is 5.13 Å². The molecule has 0 bridgehead atoms. The average Bonchev–Trinajstić information content (AvgIpc) is 2.87. The van der Waals surface area contributed by atoms with Crippen molar-refractivity contribution in [1.29, 1.82) is 0 Å². The molecule has 116 valence electrons. The molecule has 1 aliphatic heterocycles. The maximum absolute atomic E-state index is 12.5. The lowest BCUT2D eigenvalue weighted by Gasteiger charge is -2.30. The van der Waals surface area contributed by atoms with Crippen molar-refractivity contribution in [3.05, 3.63) is 0 Å². The number of piperidine rings is 1. The Morgan fingerprint density at radius 1 is 1.38 bits per heavy atom. The first-order chi connectivity index (χ1) is 9.82. The predicted octanol–water partition coefficient (Wildman–Crippen LogP) is 0.124. The summed E-state index contributed by atoms with van der Waals surface area (Å²) in [6, 6.07) is -1.09. The maximum Gasteiger partial charge on any atom is 0.322 e. The van der Waals surface area contributed by atoms with Gasteiger partial charge in [-0.05, 0) is 19.3 Å². The first kappa shape index (κ1) is 15.8. The van der Waals surface area contributed by atoms with E-state index in [0.29, 0.717) is 24.2 Å². The van der Waals surface area contributed by atoms with E-state index in [1.807, 2.05) is 0 Å². The molecule has 0 saturated carbocycles. The fraction of sp³-hybridized carbons (Fsp3) is 0.600. The van der Waals surface area contributed by atoms with Crippen LogP contribution in [0.1, 0.15) is 26.2 Å². The summed E-state index contributed by atoms with van der Waals surface area (Å²) in [5.74, 6) is -1.57. The number of hydrogen-bond acceptors (Lipinski definition) is 7. The molecule has 11 heteroatoms. The SMILES string of the molecule is CC(=O)Nc1nnc(S(=O)(=O)N2CCCC[C@@H]2C(=O)O)s1. The van der Waals surface area contributed by atoms with E-state index in [9.17, 15) is 18.0 Å². The van der Waals surface area contributed by atoms with Gasteiger partial charge in [-0.15, -0.1) is 10.2 Å². The van der Waals surface area contributed by atoms with Crippen molar-refractivity contribution in [2.45, 2.75) is 36.6 Å². The smallest absolute Gasteiger partial charge is 0.322 e. The van der Waals surface area contributed by atoms with Gasteiger partial charge in [0.2, 0.25) is 15.4 Å². The van der Waals surface area contributed by atoms with Crippen LogP contribution in [0, 0.1) is 0 Å². The lowest BCUT2D eigenvalue weighted by molar-refractivity contribution is -0.142. The van der Waals surface area contributed by atoms with Crippen LogP contribution in [0.15, 0.2) is 4.34 Å². The van der Waals surface area contributed by atoms with Crippen LogP contribution >= 0.6 is 11.3 Å². The lowest BCUT2D eigenvalue weighted by Crippen LogP contribution is -2.47. The fourth-order valence-corrected chi connectivity index (χ4v) is 4.77. The Morgan fingerprint density at radius 3 is 2.71 bits per heavy atom. The molecule has 1 atom stereocenters. The van der Waals surface area contributed by atoms with Crippen molar-refractivity contribution in [2.75, 3.05) is 11.9 Å². The second-order valence-corrected chi connectivity index (χ2v) is 7.56. The van der Waals surface area contributed by atoms with Crippen LogP contribution in [0.3, 0.4) is 0 Å². The van der Waals surface area contributed by atoms with E-state index in [4.69, 9.17) is 5.11 Å². The Labute approximate surface area is 125 Å². The summed E-state index contributed by atoms with van der Waals surface area (Å²) in [4.78, 5) is 22.1. The molecule has 1 amide bonds. The first-order valence-corrected chi connectivity index (χ1v) is 8.44. The van der Waals surface area contributed by atoms with Crippen molar-refractivity contribution >= 4 is 38.4 Å². The summed E-state index contributed by atoms with van der Waals surface area (Å²) < 4.78 is 25.5. The van der Waals surface area contributed by atoms with Crippen molar-refractivity contribution in [2.24, 2.45) is 0 Å². The Balaban J connectivity index is 2.29. The van der Waals surface area contributed by atoms with E-state index in [1.165, 1.54) is 6.92 Å². The maximum atomic E-state index is 12.5. The third kappa shape index (κ3) is 3.36. The second-order valence-electron chi connectivity index (χ2n) is 4.52. The van der Waals surface area contributed by atoms with Gasteiger partial charge in [0.05, 0.1) is 0 Å². The summed E-state index contributed by atoms with van der Waals surface area (Å²) in [5.41, 5.74) is 0. The molecule has 1 aliphatic rings. The summed E-state index contributed by atoms with van der Waals surface area (Å²) in [7, 11) is -4.03. The number of nitrogens with zero attached hydrogens (tertiary/aromatic N) is 3. The molecular formula is C10H14N4O5S2. The van der Waals surface area contributed by atoms with Gasteiger partial charge < -0.3 is 10.4 Å². The Hall–Kier alpha value is -1.59. The minimum absolute atomic E-state index is 0.0601. The van der Waals surface area contributed by atoms with E-state index in [-0.39, 0.29) is 22.4 Å². The number of amides is 1. The molecule has 2 rings (SSSR count). The number of carbonyl (C=O) groups excluding carboxylic acids is 1. The number of aromatic nitrogens is 2. The van der Waals surface area contributed by atoms with Crippen LogP contribution in [0.25, 0.3) is 0 Å². The van der Waals surface area contributed by atoms with Gasteiger partial charge in [-0.25, -0.2) is 8.42 Å². The molecule has 1 fully saturated rings. The quantitative estimate of drug-likeness (QED) is 0.748. The van der Waals surface area contributed by atoms with E-state index >= 15 is 0 Å². The molecule has 1 aromatic rings. The van der Waals surface area contributed by atoms with E-state index in [1.54, 1.807) is 0 Å². The second kappa shape index (κ2) is 6.03. The zero-order valence-corrected chi connectivity index (χ0v) is 12.8. The molecule has 2 N–H and O–H groups in total. The van der Waals surface area contributed by atoms with Crippen molar-refractivity contribution in [3.8, 4) is 0 Å². The number of aliphatic carboxylic acids is 1. The first-order valence-electron chi connectivity index (χ1n) is 6.18. The van der Waals surface area contributed by atoms with Gasteiger partial charge >= 0.3 is 5.97 Å². The molecule has 0 unspecified atom stereocenters. The monoisotopic (exact) mass is 334 g/mol. The van der Waals surface area contributed by atoms with Crippen LogP contribution in [-0.4, -0.2) is 52.5 Å². The molecule has 0 radical (unpaired) electrons. The van der Waals surface area contributed by atoms with Crippen molar-refractivity contribution in [1.82, 2.24) is 14.5 Å². The lowest BCUT2D eigenvalue weighted by atomic mass is 10.1. The predicted molar refractivity (Wildman–Crippen MR) is 73.4 cm³/mol. The Morgan fingerprint density at radius 2 is 2.10 bits per heavy atom. The molecule has 0 spiro atoms. The molecule has 0 aromatic carbocycles. The topological polar surface area (TPSA) is 130 Å². The molecule has 1 aromatic heterocycles. The molecule has 9 nitrogen and oxygen atoms in total. The average molecular weight is 334 g/mol. The number of anilines is 1. The third-order valence-corrected chi connectivity index (χ3v) is 6.05. The number of carbonyl (C=O) groups is 2. The van der Waals surface area contributed by atoms with Gasteiger partial charge in [-0.3, -0.25) is 9.59 Å². The van der Waals surface area contributed by atoms with E-state index in [2.05, 4.69) is 15.5 Å². The van der Waals surface area contributed by atoms with Crippen LogP contribution < -0.4 is 5.32 Å². The standard InChI is InChI=1S/C10H14N4O5S2/c1-6(15)11-9-12-13-10(20-9)21(18,19)14-5-3-2-4-7(14)8(16)17/h7H,2-5H2,1H3,(H,16,17)(H,11,12,15)/t7-/m1/s1. The normalized spacial score (nSPS) is 20.1. The summed E-state index contributed by atoms with van der Waals surface area (Å²) in [6.45, 7) is 1.40. The highest BCUT2D eigenvalue weighted by Gasteiger charge is 2.39. The molecule has 2 heterocycles. The van der Waals surface area contributed by atoms with Gasteiger partial charge in [0.15, 0.2) is 0 Å². The third-order valence-electron chi connectivity index (χ3n) is 2.96.